The van der Waals surface area contributed by atoms with Gasteiger partial charge in [0, 0.05) is 5.57 Å². The molecule has 3 aromatic carbocycles. The molecular formula is C24H17F2N2P. The molecule has 0 fully saturated rings. The van der Waals surface area contributed by atoms with Crippen LogP contribution in [0.3, 0.4) is 0 Å². The number of hydrogen-bond acceptors (Lipinski definition) is 2. The number of hydrogen-bond donors (Lipinski definition) is 0. The van der Waals surface area contributed by atoms with E-state index in [4.69, 9.17) is 0 Å². The minimum Gasteiger partial charge on any atom is -0.205 e. The monoisotopic (exact) mass is 402 g/mol. The third-order valence-corrected chi connectivity index (χ3v) is 8.57. The molecule has 0 saturated heterocycles. The summed E-state index contributed by atoms with van der Waals surface area (Å²) in [7, 11) is 0. The summed E-state index contributed by atoms with van der Waals surface area (Å²) in [6.45, 7) is -2.71. The van der Waals surface area contributed by atoms with E-state index in [-0.39, 0.29) is 0 Å². The Bertz CT molecular complexity index is 1020. The van der Waals surface area contributed by atoms with Crippen LogP contribution in [0.1, 0.15) is 0 Å². The molecule has 0 aliphatic rings. The Kier molecular flexibility index (Phi) is 6.40. The lowest BCUT2D eigenvalue weighted by Crippen LogP contribution is -2.28. The molecule has 0 aliphatic heterocycles. The SMILES string of the molecule is N#CC(C#N)=C(C=P(c1ccccc1)(c1ccccc1)c1ccccc1)C(F)F. The van der Waals surface area contributed by atoms with Crippen LogP contribution in [0.5, 0.6) is 0 Å². The van der Waals surface area contributed by atoms with Crippen LogP contribution in [0.2, 0.25) is 0 Å². The van der Waals surface area contributed by atoms with Crippen molar-refractivity contribution in [3.8, 4) is 12.1 Å². The van der Waals surface area contributed by atoms with Gasteiger partial charge in [0.25, 0.3) is 6.43 Å². The highest BCUT2D eigenvalue weighted by Crippen LogP contribution is 2.45. The van der Waals surface area contributed by atoms with E-state index in [2.05, 4.69) is 0 Å². The van der Waals surface area contributed by atoms with Crippen LogP contribution in [0.15, 0.2) is 102 Å². The lowest BCUT2D eigenvalue weighted by Gasteiger charge is -2.29. The number of allylic oxidation sites excluding steroid dienone is 2. The van der Waals surface area contributed by atoms with E-state index in [1.54, 1.807) is 12.1 Å². The first-order valence-electron chi connectivity index (χ1n) is 8.87. The molecule has 3 rings (SSSR count). The summed E-state index contributed by atoms with van der Waals surface area (Å²) in [5, 5.41) is 21.2. The third kappa shape index (κ3) is 4.04. The molecular weight excluding hydrogens is 385 g/mol. The van der Waals surface area contributed by atoms with Crippen LogP contribution in [0, 0.1) is 22.7 Å². The molecule has 29 heavy (non-hydrogen) atoms. The smallest absolute Gasteiger partial charge is 0.205 e. The number of halogens is 2. The topological polar surface area (TPSA) is 47.6 Å². The number of nitrogens with zero attached hydrogens (tertiary/aromatic N) is 2. The number of rotatable bonds is 5. The van der Waals surface area contributed by atoms with Crippen molar-refractivity contribution in [3.05, 3.63) is 102 Å². The molecule has 3 aromatic rings. The average molecular weight is 402 g/mol. The molecule has 2 nitrogen and oxygen atoms in total. The van der Waals surface area contributed by atoms with Crippen molar-refractivity contribution in [1.82, 2.24) is 0 Å². The van der Waals surface area contributed by atoms with Crippen molar-refractivity contribution < 1.29 is 8.78 Å². The minimum atomic E-state index is -2.94. The second-order valence-electron chi connectivity index (χ2n) is 6.21. The van der Waals surface area contributed by atoms with Gasteiger partial charge in [-0.3, -0.25) is 0 Å². The molecule has 142 valence electrons. The zero-order valence-electron chi connectivity index (χ0n) is 15.4. The molecule has 0 unspecified atom stereocenters. The predicted octanol–water partition coefficient (Wildman–Crippen LogP) is 4.39. The van der Waals surface area contributed by atoms with Crippen LogP contribution >= 0.6 is 6.89 Å². The van der Waals surface area contributed by atoms with Crippen LogP contribution < -0.4 is 15.9 Å². The van der Waals surface area contributed by atoms with Gasteiger partial charge < -0.3 is 0 Å². The Hall–Kier alpha value is -3.46. The Morgan fingerprint density at radius 1 is 0.690 bits per heavy atom. The first kappa shape index (κ1) is 20.3. The van der Waals surface area contributed by atoms with Crippen molar-refractivity contribution >= 4 is 28.6 Å². The van der Waals surface area contributed by atoms with Gasteiger partial charge in [0.2, 0.25) is 0 Å². The maximum atomic E-state index is 14.0. The van der Waals surface area contributed by atoms with E-state index in [1.807, 2.05) is 91.0 Å². The zero-order chi connectivity index (χ0) is 20.7. The fourth-order valence-corrected chi connectivity index (χ4v) is 7.18. The van der Waals surface area contributed by atoms with Gasteiger partial charge in [-0.05, 0) is 28.6 Å². The molecule has 5 heteroatoms. The summed E-state index contributed by atoms with van der Waals surface area (Å²) in [6, 6.07) is 31.5. The molecule has 0 bridgehead atoms. The molecule has 0 heterocycles. The zero-order valence-corrected chi connectivity index (χ0v) is 16.3. The van der Waals surface area contributed by atoms with Crippen molar-refractivity contribution in [3.63, 3.8) is 0 Å². The number of alkyl halides is 2. The fraction of sp³-hybridized carbons (Fsp3) is 0.0417. The maximum Gasteiger partial charge on any atom is 0.265 e. The van der Waals surface area contributed by atoms with Crippen molar-refractivity contribution in [1.29, 1.82) is 10.5 Å². The van der Waals surface area contributed by atoms with E-state index in [1.165, 1.54) is 5.80 Å². The van der Waals surface area contributed by atoms with Gasteiger partial charge in [-0.1, -0.05) is 91.0 Å². The Morgan fingerprint density at radius 2 is 1.03 bits per heavy atom. The van der Waals surface area contributed by atoms with Gasteiger partial charge >= 0.3 is 0 Å². The molecule has 0 spiro atoms. The summed E-state index contributed by atoms with van der Waals surface area (Å²) >= 11 is 0. The summed E-state index contributed by atoms with van der Waals surface area (Å²) in [5.74, 6) is 1.47. The molecule has 0 atom stereocenters. The summed E-state index contributed by atoms with van der Waals surface area (Å²) in [4.78, 5) is 0. The second-order valence-corrected chi connectivity index (χ2v) is 9.47. The van der Waals surface area contributed by atoms with E-state index in [0.29, 0.717) is 0 Å². The molecule has 0 N–H and O–H groups in total. The molecule has 0 radical (unpaired) electrons. The van der Waals surface area contributed by atoms with E-state index < -0.39 is 24.5 Å². The second kappa shape index (κ2) is 9.16. The molecule has 0 aliphatic carbocycles. The number of nitriles is 2. The van der Waals surface area contributed by atoms with Crippen LogP contribution in [-0.4, -0.2) is 12.2 Å². The van der Waals surface area contributed by atoms with E-state index in [0.717, 1.165) is 15.9 Å². The average Bonchev–Trinajstić information content (AvgIpc) is 2.78. The normalized spacial score (nSPS) is 10.7. The van der Waals surface area contributed by atoms with Crippen LogP contribution in [-0.2, 0) is 0 Å². The van der Waals surface area contributed by atoms with Crippen LogP contribution in [0.4, 0.5) is 8.78 Å². The summed E-state index contributed by atoms with van der Waals surface area (Å²) in [6.07, 6.45) is -2.94. The van der Waals surface area contributed by atoms with Crippen molar-refractivity contribution in [2.45, 2.75) is 6.43 Å². The highest BCUT2D eigenvalue weighted by Gasteiger charge is 2.28. The molecule has 0 amide bonds. The Balaban J connectivity index is 2.56. The summed E-state index contributed by atoms with van der Waals surface area (Å²) < 4.78 is 28.1. The van der Waals surface area contributed by atoms with Gasteiger partial charge in [0.05, 0.1) is 0 Å². The molecule has 0 saturated carbocycles. The first-order valence-corrected chi connectivity index (χ1v) is 10.7. The lowest BCUT2D eigenvalue weighted by atomic mass is 10.2. The van der Waals surface area contributed by atoms with Crippen molar-refractivity contribution in [2.75, 3.05) is 0 Å². The van der Waals surface area contributed by atoms with Crippen molar-refractivity contribution in [2.24, 2.45) is 0 Å². The highest BCUT2D eigenvalue weighted by molar-refractivity contribution is 7.94. The summed E-state index contributed by atoms with van der Waals surface area (Å²) in [5.41, 5.74) is -1.09. The van der Waals surface area contributed by atoms with Gasteiger partial charge in [-0.2, -0.15) is 10.5 Å². The van der Waals surface area contributed by atoms with Gasteiger partial charge in [0.1, 0.15) is 17.7 Å². The first-order chi connectivity index (χ1) is 14.1. The quantitative estimate of drug-likeness (QED) is 0.469. The van der Waals surface area contributed by atoms with Gasteiger partial charge in [-0.15, -0.1) is 0 Å². The lowest BCUT2D eigenvalue weighted by molar-refractivity contribution is 0.197. The standard InChI is InChI=1S/C24H17F2N2P/c25-24(26)23(19(16-27)17-28)18-29(20-10-4-1-5-11-20,21-12-6-2-7-13-21)22-14-8-3-9-15-22/h1-15,18,24H. The highest BCUT2D eigenvalue weighted by atomic mass is 31.2. The Labute approximate surface area is 169 Å². The van der Waals surface area contributed by atoms with Gasteiger partial charge in [-0.25, -0.2) is 8.78 Å². The fourth-order valence-electron chi connectivity index (χ4n) is 3.25. The number of benzene rings is 3. The Morgan fingerprint density at radius 3 is 1.31 bits per heavy atom. The van der Waals surface area contributed by atoms with E-state index in [9.17, 15) is 19.3 Å². The maximum absolute atomic E-state index is 14.0. The molecule has 0 aromatic heterocycles. The van der Waals surface area contributed by atoms with E-state index >= 15 is 0 Å². The van der Waals surface area contributed by atoms with Crippen LogP contribution in [0.25, 0.3) is 0 Å². The third-order valence-electron chi connectivity index (χ3n) is 4.57. The predicted molar refractivity (Wildman–Crippen MR) is 115 cm³/mol. The largest absolute Gasteiger partial charge is 0.265 e. The van der Waals surface area contributed by atoms with Gasteiger partial charge in [0.15, 0.2) is 0 Å². The minimum absolute atomic E-state index is 0.528.